The molecule has 4 heterocycles. The van der Waals surface area contributed by atoms with Gasteiger partial charge in [0.1, 0.15) is 5.52 Å². The first-order chi connectivity index (χ1) is 14.4. The molecule has 8 nitrogen and oxygen atoms in total. The summed E-state index contributed by atoms with van der Waals surface area (Å²) < 4.78 is 60.2. The van der Waals surface area contributed by atoms with Crippen molar-refractivity contribution in [1.29, 1.82) is 0 Å². The minimum atomic E-state index is -3.05. The molecule has 0 aliphatic carbocycles. The van der Waals surface area contributed by atoms with E-state index >= 15 is 0 Å². The first-order valence-corrected chi connectivity index (χ1v) is 8.53. The number of imidazole rings is 1. The molecule has 0 unspecified atom stereocenters. The fourth-order valence-corrected chi connectivity index (χ4v) is 3.32. The summed E-state index contributed by atoms with van der Waals surface area (Å²) in [4.78, 5) is 28.6. The number of halogens is 3. The van der Waals surface area contributed by atoms with Crippen LogP contribution in [0.5, 0.6) is 0 Å². The van der Waals surface area contributed by atoms with Crippen LogP contribution in [0.4, 0.5) is 13.2 Å². The van der Waals surface area contributed by atoms with Gasteiger partial charge in [-0.2, -0.15) is 0 Å². The first-order valence-electron chi connectivity index (χ1n) is 9.03. The summed E-state index contributed by atoms with van der Waals surface area (Å²) >= 11 is 0. The summed E-state index contributed by atoms with van der Waals surface area (Å²) in [7, 11) is 0. The van der Waals surface area contributed by atoms with Gasteiger partial charge in [0.2, 0.25) is 11.7 Å². The van der Waals surface area contributed by atoms with Crippen molar-refractivity contribution in [1.82, 2.24) is 24.8 Å². The maximum atomic E-state index is 14.1. The van der Waals surface area contributed by atoms with Crippen molar-refractivity contribution < 1.29 is 28.2 Å². The number of nitrogens with one attached hydrogen (secondary N) is 1. The Hall–Kier alpha value is -3.63. The molecule has 1 amide bonds. The largest absolute Gasteiger partial charge is 0.438 e. The van der Waals surface area contributed by atoms with Crippen LogP contribution in [0.15, 0.2) is 39.8 Å². The zero-order valence-corrected chi connectivity index (χ0v) is 14.5. The Morgan fingerprint density at radius 2 is 2.24 bits per heavy atom. The molecule has 0 spiro atoms. The number of oxazole rings is 2. The zero-order valence-electron chi connectivity index (χ0n) is 15.5. The Morgan fingerprint density at radius 1 is 1.38 bits per heavy atom. The molecule has 148 valence electrons. The Morgan fingerprint density at radius 3 is 3.03 bits per heavy atom. The average molecular weight is 404 g/mol. The number of carbonyl (C=O) groups excluding carboxylic acids is 1. The van der Waals surface area contributed by atoms with E-state index < -0.39 is 35.6 Å². The van der Waals surface area contributed by atoms with Crippen LogP contribution in [0.25, 0.3) is 11.1 Å². The molecule has 0 bridgehead atoms. The number of nitrogens with zero attached hydrogens (tertiary/aromatic N) is 4. The number of alkyl halides is 2. The number of carbonyl (C=O) groups is 1. The van der Waals surface area contributed by atoms with Gasteiger partial charge in [0.15, 0.2) is 29.5 Å². The lowest BCUT2D eigenvalue weighted by Crippen LogP contribution is -2.41. The smallest absolute Gasteiger partial charge is 0.292 e. The molecule has 0 fully saturated rings. The van der Waals surface area contributed by atoms with Gasteiger partial charge in [-0.05, 0) is 12.1 Å². The number of amides is 1. The number of aromatic amines is 1. The highest BCUT2D eigenvalue weighted by atomic mass is 19.3. The third kappa shape index (κ3) is 2.69. The predicted molar refractivity (Wildman–Crippen MR) is 90.6 cm³/mol. The molecule has 4 aromatic rings. The molecule has 29 heavy (non-hydrogen) atoms. The summed E-state index contributed by atoms with van der Waals surface area (Å²) in [6, 6.07) is 1.96. The molecule has 11 heteroatoms. The van der Waals surface area contributed by atoms with Crippen molar-refractivity contribution in [3.63, 3.8) is 0 Å². The number of rotatable bonds is 3. The van der Waals surface area contributed by atoms with Crippen LogP contribution in [-0.2, 0) is 6.42 Å². The number of aromatic nitrogens is 4. The van der Waals surface area contributed by atoms with Crippen molar-refractivity contribution in [3.05, 3.63) is 65.5 Å². The summed E-state index contributed by atoms with van der Waals surface area (Å²) in [6.45, 7) is -0.0647. The monoisotopic (exact) mass is 404 g/mol. The van der Waals surface area contributed by atoms with Gasteiger partial charge < -0.3 is 18.7 Å². The first kappa shape index (κ1) is 16.3. The summed E-state index contributed by atoms with van der Waals surface area (Å²) in [6.07, 6.45) is -0.725. The van der Waals surface area contributed by atoms with Crippen LogP contribution in [0.2, 0.25) is 0 Å². The van der Waals surface area contributed by atoms with E-state index in [4.69, 9.17) is 10.2 Å². The van der Waals surface area contributed by atoms with Crippen molar-refractivity contribution in [2.75, 3.05) is 6.54 Å². The molecule has 0 radical (unpaired) electrons. The fraction of sp³-hybridized carbons (Fsp3) is 0.222. The van der Waals surface area contributed by atoms with Crippen molar-refractivity contribution in [3.8, 4) is 0 Å². The van der Waals surface area contributed by atoms with E-state index in [2.05, 4.69) is 19.9 Å². The molecule has 0 saturated heterocycles. The topological polar surface area (TPSA) is 101 Å². The minimum absolute atomic E-state index is 0.0647. The van der Waals surface area contributed by atoms with Gasteiger partial charge in [-0.15, -0.1) is 0 Å². The lowest BCUT2D eigenvalue weighted by Gasteiger charge is -2.32. The number of benzene rings is 1. The van der Waals surface area contributed by atoms with Crippen LogP contribution in [-0.4, -0.2) is 37.3 Å². The third-order valence-electron chi connectivity index (χ3n) is 4.61. The molecule has 1 N–H and O–H groups in total. The lowest BCUT2D eigenvalue weighted by molar-refractivity contribution is 0.0620. The Bertz CT molecular complexity index is 1270. The lowest BCUT2D eigenvalue weighted by atomic mass is 10.0. The molecule has 1 aromatic carbocycles. The molecule has 5 rings (SSSR count). The Kier molecular flexibility index (Phi) is 3.64. The maximum absolute atomic E-state index is 14.1. The van der Waals surface area contributed by atoms with Gasteiger partial charge in [-0.25, -0.2) is 28.1 Å². The number of fused-ring (bicyclic) bond motifs is 2. The molecule has 0 saturated carbocycles. The fourth-order valence-electron chi connectivity index (χ4n) is 3.32. The number of hydrogen-bond acceptors (Lipinski definition) is 6. The van der Waals surface area contributed by atoms with E-state index in [1.807, 2.05) is 0 Å². The summed E-state index contributed by atoms with van der Waals surface area (Å²) in [5.41, 5.74) is -0.244. The second kappa shape index (κ2) is 6.47. The SMILES string of the molecule is [2H][C@@]1(c2nc3cccc(F)c3o2)c2[nH]cnc2CCN1C(=O)c1ocnc1C(F)F. The van der Waals surface area contributed by atoms with Crippen LogP contribution in [0.1, 0.15) is 47.3 Å². The van der Waals surface area contributed by atoms with Crippen LogP contribution < -0.4 is 0 Å². The maximum Gasteiger partial charge on any atom is 0.292 e. The Balaban J connectivity index is 1.69. The van der Waals surface area contributed by atoms with Gasteiger partial charge in [0.05, 0.1) is 19.1 Å². The van der Waals surface area contributed by atoms with Crippen LogP contribution in [0, 0.1) is 5.82 Å². The van der Waals surface area contributed by atoms with Crippen molar-refractivity contribution >= 4 is 17.0 Å². The standard InChI is InChI=1S/C18H12F3N5O3/c19-8-2-1-3-10-14(8)29-17(25-10)13-11-9(22-6-23-11)4-5-26(13)18(27)15-12(16(20)21)24-7-28-15/h1-3,6-7,13,16H,4-5H2,(H,22,23)/t13-/m0/s1/i13D. The normalized spacial score (nSPS) is 19.6. The van der Waals surface area contributed by atoms with Crippen molar-refractivity contribution in [2.45, 2.75) is 18.9 Å². The second-order valence-electron chi connectivity index (χ2n) is 6.25. The van der Waals surface area contributed by atoms with Gasteiger partial charge in [0, 0.05) is 13.0 Å². The van der Waals surface area contributed by atoms with Gasteiger partial charge >= 0.3 is 0 Å². The van der Waals surface area contributed by atoms with E-state index in [1.54, 1.807) is 0 Å². The number of para-hydroxylation sites is 1. The average Bonchev–Trinajstić information content (AvgIpc) is 3.46. The molecule has 1 aliphatic heterocycles. The highest BCUT2D eigenvalue weighted by Gasteiger charge is 2.40. The highest BCUT2D eigenvalue weighted by Crippen LogP contribution is 2.36. The minimum Gasteiger partial charge on any atom is -0.438 e. The molecular formula is C18H12F3N5O3. The van der Waals surface area contributed by atoms with Gasteiger partial charge in [-0.3, -0.25) is 4.79 Å². The molecular weight excluding hydrogens is 391 g/mol. The zero-order chi connectivity index (χ0) is 21.0. The van der Waals surface area contributed by atoms with Crippen molar-refractivity contribution in [2.24, 2.45) is 0 Å². The van der Waals surface area contributed by atoms with Gasteiger partial charge in [0.25, 0.3) is 12.3 Å². The predicted octanol–water partition coefficient (Wildman–Crippen LogP) is 3.40. The number of hydrogen-bond donors (Lipinski definition) is 1. The van der Waals surface area contributed by atoms with E-state index in [9.17, 15) is 18.0 Å². The quantitative estimate of drug-likeness (QED) is 0.562. The van der Waals surface area contributed by atoms with Gasteiger partial charge in [-0.1, -0.05) is 6.07 Å². The summed E-state index contributed by atoms with van der Waals surface area (Å²) in [5.74, 6) is -2.70. The molecule has 3 aromatic heterocycles. The van der Waals surface area contributed by atoms with E-state index in [1.165, 1.54) is 24.5 Å². The van der Waals surface area contributed by atoms with Crippen LogP contribution >= 0.6 is 0 Å². The third-order valence-corrected chi connectivity index (χ3v) is 4.61. The number of H-pyrrole nitrogens is 1. The van der Waals surface area contributed by atoms with E-state index in [-0.39, 0.29) is 35.6 Å². The van der Waals surface area contributed by atoms with Crippen LogP contribution in [0.3, 0.4) is 0 Å². The Labute approximate surface area is 161 Å². The molecule has 1 aliphatic rings. The van der Waals surface area contributed by atoms with E-state index in [0.29, 0.717) is 5.69 Å². The second-order valence-corrected chi connectivity index (χ2v) is 6.25. The summed E-state index contributed by atoms with van der Waals surface area (Å²) in [5, 5.41) is 0. The highest BCUT2D eigenvalue weighted by molar-refractivity contribution is 5.93. The molecule has 1 atom stereocenters. The van der Waals surface area contributed by atoms with E-state index in [0.717, 1.165) is 11.3 Å².